The molecule has 2 N–H and O–H groups in total. The summed E-state index contributed by atoms with van der Waals surface area (Å²) < 4.78 is 2.16. The molecule has 5 aromatic rings. The van der Waals surface area contributed by atoms with Crippen molar-refractivity contribution in [2.75, 3.05) is 0 Å². The highest BCUT2D eigenvalue weighted by Crippen LogP contribution is 2.34. The zero-order chi connectivity index (χ0) is 25.0. The number of rotatable bonds is 9. The third-order valence-electron chi connectivity index (χ3n) is 7.49. The van der Waals surface area contributed by atoms with Gasteiger partial charge in [-0.15, -0.1) is 0 Å². The smallest absolute Gasteiger partial charge is 0.121 e. The number of nitrogens with zero attached hydrogens (tertiary/aromatic N) is 4. The average molecular weight is 507 g/mol. The van der Waals surface area contributed by atoms with Gasteiger partial charge < -0.3 is 14.9 Å². The van der Waals surface area contributed by atoms with Crippen LogP contribution in [0.4, 0.5) is 0 Å². The molecule has 0 saturated carbocycles. The Morgan fingerprint density at radius 3 is 2.61 bits per heavy atom. The van der Waals surface area contributed by atoms with Crippen LogP contribution < -0.4 is 5.32 Å². The van der Waals surface area contributed by atoms with Crippen LogP contribution in [-0.4, -0.2) is 24.4 Å². The lowest BCUT2D eigenvalue weighted by molar-refractivity contribution is 0.153. The van der Waals surface area contributed by atoms with E-state index < -0.39 is 0 Å². The highest BCUT2D eigenvalue weighted by atomic mass is 15.2. The molecule has 1 aliphatic carbocycles. The fourth-order valence-corrected chi connectivity index (χ4v) is 5.50. The molecule has 1 atom stereocenters. The zero-order valence-corrected chi connectivity index (χ0v) is 21.4. The van der Waals surface area contributed by atoms with Crippen molar-refractivity contribution in [1.82, 2.24) is 29.7 Å². The van der Waals surface area contributed by atoms with Gasteiger partial charge in [0.1, 0.15) is 5.82 Å². The molecule has 6 nitrogen and oxygen atoms in total. The SMILES string of the molecule is C.Cn1cccc1CNCc1ccc(CN(Cc2nc3ccccc3[nH]2)C2CCCc3cccnc32)cc1. The molecule has 2 aromatic carbocycles. The summed E-state index contributed by atoms with van der Waals surface area (Å²) in [6.45, 7) is 3.34. The van der Waals surface area contributed by atoms with Crippen molar-refractivity contribution in [3.05, 3.63) is 119 Å². The van der Waals surface area contributed by atoms with Crippen LogP contribution in [0.15, 0.2) is 85.2 Å². The number of aromatic nitrogens is 4. The first-order chi connectivity index (χ1) is 18.2. The first kappa shape index (κ1) is 25.9. The van der Waals surface area contributed by atoms with E-state index >= 15 is 0 Å². The van der Waals surface area contributed by atoms with E-state index in [-0.39, 0.29) is 13.5 Å². The van der Waals surface area contributed by atoms with Crippen LogP contribution in [-0.2, 0) is 39.6 Å². The van der Waals surface area contributed by atoms with Crippen LogP contribution in [0.2, 0.25) is 0 Å². The minimum atomic E-state index is 0. The number of nitrogens with one attached hydrogen (secondary N) is 2. The number of fused-ring (bicyclic) bond motifs is 2. The summed E-state index contributed by atoms with van der Waals surface area (Å²) in [6, 6.07) is 26.1. The van der Waals surface area contributed by atoms with E-state index in [4.69, 9.17) is 9.97 Å². The third kappa shape index (κ3) is 5.72. The Bertz CT molecular complexity index is 1430. The molecule has 0 bridgehead atoms. The fraction of sp³-hybridized carbons (Fsp3) is 0.312. The Hall–Kier alpha value is -3.74. The van der Waals surface area contributed by atoms with Crippen molar-refractivity contribution in [2.45, 2.75) is 58.9 Å². The number of benzene rings is 2. The quantitative estimate of drug-likeness (QED) is 0.246. The highest BCUT2D eigenvalue weighted by molar-refractivity contribution is 5.74. The second-order valence-electron chi connectivity index (χ2n) is 10.1. The summed E-state index contributed by atoms with van der Waals surface area (Å²) >= 11 is 0. The Morgan fingerprint density at radius 2 is 1.79 bits per heavy atom. The normalized spacial score (nSPS) is 14.9. The number of hydrogen-bond acceptors (Lipinski definition) is 4. The molecule has 3 aromatic heterocycles. The Labute approximate surface area is 225 Å². The van der Waals surface area contributed by atoms with E-state index in [1.807, 2.05) is 12.3 Å². The molecule has 38 heavy (non-hydrogen) atoms. The maximum atomic E-state index is 4.89. The minimum Gasteiger partial charge on any atom is -0.353 e. The van der Waals surface area contributed by atoms with Crippen molar-refractivity contribution >= 4 is 11.0 Å². The Balaban J connectivity index is 0.00000294. The van der Waals surface area contributed by atoms with Crippen molar-refractivity contribution in [1.29, 1.82) is 0 Å². The zero-order valence-electron chi connectivity index (χ0n) is 21.4. The second-order valence-corrected chi connectivity index (χ2v) is 10.1. The van der Waals surface area contributed by atoms with Gasteiger partial charge in [-0.1, -0.05) is 49.9 Å². The summed E-state index contributed by atoms with van der Waals surface area (Å²) in [5, 5.41) is 3.56. The maximum absolute atomic E-state index is 4.89. The molecule has 6 heteroatoms. The van der Waals surface area contributed by atoms with Gasteiger partial charge in [0.2, 0.25) is 0 Å². The van der Waals surface area contributed by atoms with Gasteiger partial charge >= 0.3 is 0 Å². The molecule has 0 aliphatic heterocycles. The standard InChI is InChI=1S/C31H34N6.CH4/c1-36-18-6-9-26(36)20-32-19-23-13-15-24(16-14-23)21-37(22-30-34-27-10-2-3-11-28(27)35-30)29-12-4-7-25-8-5-17-33-31(25)29;/h2-3,5-6,8-11,13-18,29,32H,4,7,12,19-22H2,1H3,(H,34,35);1H4. The topological polar surface area (TPSA) is 61.8 Å². The molecule has 0 amide bonds. The highest BCUT2D eigenvalue weighted by Gasteiger charge is 2.28. The Morgan fingerprint density at radius 1 is 0.947 bits per heavy atom. The first-order valence-corrected chi connectivity index (χ1v) is 13.2. The van der Waals surface area contributed by atoms with Gasteiger partial charge in [-0.05, 0) is 66.3 Å². The van der Waals surface area contributed by atoms with Crippen molar-refractivity contribution in [3.8, 4) is 0 Å². The maximum Gasteiger partial charge on any atom is 0.121 e. The van der Waals surface area contributed by atoms with Crippen LogP contribution >= 0.6 is 0 Å². The van der Waals surface area contributed by atoms with E-state index in [9.17, 15) is 0 Å². The van der Waals surface area contributed by atoms with Crippen LogP contribution in [0.1, 0.15) is 60.2 Å². The number of aromatic amines is 1. The predicted octanol–water partition coefficient (Wildman–Crippen LogP) is 6.30. The molecule has 6 rings (SSSR count). The number of imidazole rings is 1. The number of H-pyrrole nitrogens is 1. The van der Waals surface area contributed by atoms with Gasteiger partial charge in [-0.3, -0.25) is 9.88 Å². The molecule has 0 fully saturated rings. The van der Waals surface area contributed by atoms with Gasteiger partial charge in [-0.2, -0.15) is 0 Å². The molecule has 0 saturated heterocycles. The lowest BCUT2D eigenvalue weighted by atomic mass is 9.90. The molecule has 0 radical (unpaired) electrons. The molecule has 1 aliphatic rings. The summed E-state index contributed by atoms with van der Waals surface area (Å²) in [7, 11) is 2.09. The van der Waals surface area contributed by atoms with Crippen LogP contribution in [0, 0.1) is 0 Å². The van der Waals surface area contributed by atoms with Gasteiger partial charge in [0.15, 0.2) is 0 Å². The molecule has 0 spiro atoms. The summed E-state index contributed by atoms with van der Waals surface area (Å²) in [5.41, 5.74) is 8.62. The predicted molar refractivity (Wildman–Crippen MR) is 154 cm³/mol. The largest absolute Gasteiger partial charge is 0.353 e. The van der Waals surface area contributed by atoms with Crippen molar-refractivity contribution in [3.63, 3.8) is 0 Å². The molecule has 196 valence electrons. The number of aryl methyl sites for hydroxylation is 2. The van der Waals surface area contributed by atoms with Gasteiger partial charge in [0.25, 0.3) is 0 Å². The van der Waals surface area contributed by atoms with E-state index in [1.165, 1.54) is 34.5 Å². The van der Waals surface area contributed by atoms with E-state index in [0.717, 1.165) is 55.9 Å². The second kappa shape index (κ2) is 11.8. The van der Waals surface area contributed by atoms with Gasteiger partial charge in [-0.25, -0.2) is 4.98 Å². The number of hydrogen-bond donors (Lipinski definition) is 2. The summed E-state index contributed by atoms with van der Waals surface area (Å²) in [4.78, 5) is 15.8. The number of para-hydroxylation sites is 2. The van der Waals surface area contributed by atoms with Gasteiger partial charge in [0, 0.05) is 44.8 Å². The van der Waals surface area contributed by atoms with E-state index in [1.54, 1.807) is 0 Å². The van der Waals surface area contributed by atoms with E-state index in [2.05, 4.69) is 99.7 Å². The minimum absolute atomic E-state index is 0. The van der Waals surface area contributed by atoms with Gasteiger partial charge in [0.05, 0.1) is 29.3 Å². The lowest BCUT2D eigenvalue weighted by Crippen LogP contribution is -2.31. The molecule has 1 unspecified atom stereocenters. The molecular formula is C32H38N6. The number of pyridine rings is 1. The monoisotopic (exact) mass is 506 g/mol. The Kier molecular flexibility index (Phi) is 8.01. The third-order valence-corrected chi connectivity index (χ3v) is 7.49. The first-order valence-electron chi connectivity index (χ1n) is 13.2. The van der Waals surface area contributed by atoms with Crippen LogP contribution in [0.3, 0.4) is 0 Å². The summed E-state index contributed by atoms with van der Waals surface area (Å²) in [6.07, 6.45) is 7.44. The van der Waals surface area contributed by atoms with Crippen molar-refractivity contribution in [2.24, 2.45) is 7.05 Å². The lowest BCUT2D eigenvalue weighted by Gasteiger charge is -2.34. The van der Waals surface area contributed by atoms with Crippen molar-refractivity contribution < 1.29 is 0 Å². The molecule has 3 heterocycles. The fourth-order valence-electron chi connectivity index (χ4n) is 5.50. The van der Waals surface area contributed by atoms with Crippen LogP contribution in [0.5, 0.6) is 0 Å². The van der Waals surface area contributed by atoms with E-state index in [0.29, 0.717) is 0 Å². The van der Waals surface area contributed by atoms with Crippen LogP contribution in [0.25, 0.3) is 11.0 Å². The molecular weight excluding hydrogens is 468 g/mol. The average Bonchev–Trinajstić information content (AvgIpc) is 3.54. The summed E-state index contributed by atoms with van der Waals surface area (Å²) in [5.74, 6) is 1.01.